The van der Waals surface area contributed by atoms with Crippen molar-refractivity contribution in [2.45, 2.75) is 39.2 Å². The van der Waals surface area contributed by atoms with Gasteiger partial charge < -0.3 is 10.2 Å². The van der Waals surface area contributed by atoms with Crippen molar-refractivity contribution in [3.63, 3.8) is 0 Å². The van der Waals surface area contributed by atoms with E-state index >= 15 is 0 Å². The lowest BCUT2D eigenvalue weighted by Gasteiger charge is -2.24. The van der Waals surface area contributed by atoms with Crippen LogP contribution in [0.1, 0.15) is 31.6 Å². The molecule has 0 saturated carbocycles. The number of carbonyl (C=O) groups excluding carboxylic acids is 1. The van der Waals surface area contributed by atoms with Crippen LogP contribution in [0.5, 0.6) is 0 Å². The molecule has 1 heterocycles. The molecule has 1 unspecified atom stereocenters. The number of hydrogen-bond acceptors (Lipinski definition) is 2. The first kappa shape index (κ1) is 14.0. The molecule has 96 valence electrons. The standard InChI is InChI=1S/C13H22N2OS/c1-4-5-8-14-13(16)15(3)11(2)10-12-7-6-9-17-12/h6-7,9,11H,4-5,8,10H2,1-3H3,(H,14,16). The fourth-order valence-electron chi connectivity index (χ4n) is 1.55. The number of thiophene rings is 1. The average Bonchev–Trinajstić information content (AvgIpc) is 2.81. The van der Waals surface area contributed by atoms with E-state index in [4.69, 9.17) is 0 Å². The van der Waals surface area contributed by atoms with Gasteiger partial charge in [-0.25, -0.2) is 4.79 Å². The number of carbonyl (C=O) groups is 1. The zero-order chi connectivity index (χ0) is 12.7. The number of unbranched alkanes of at least 4 members (excludes halogenated alkanes) is 1. The predicted molar refractivity (Wildman–Crippen MR) is 73.6 cm³/mol. The van der Waals surface area contributed by atoms with E-state index in [0.29, 0.717) is 0 Å². The molecule has 0 radical (unpaired) electrons. The maximum absolute atomic E-state index is 11.8. The Morgan fingerprint density at radius 1 is 1.59 bits per heavy atom. The minimum absolute atomic E-state index is 0.0301. The average molecular weight is 254 g/mol. The number of rotatable bonds is 6. The lowest BCUT2D eigenvalue weighted by Crippen LogP contribution is -2.43. The second kappa shape index (κ2) is 7.33. The molecule has 0 bridgehead atoms. The maximum atomic E-state index is 11.8. The first-order chi connectivity index (χ1) is 8.15. The normalized spacial score (nSPS) is 12.2. The number of likely N-dealkylation sites (N-methyl/N-ethyl adjacent to an activating group) is 1. The van der Waals surface area contributed by atoms with E-state index in [1.54, 1.807) is 16.2 Å². The molecule has 1 aromatic heterocycles. The van der Waals surface area contributed by atoms with Crippen LogP contribution in [0, 0.1) is 0 Å². The highest BCUT2D eigenvalue weighted by Crippen LogP contribution is 2.13. The third-order valence-electron chi connectivity index (χ3n) is 2.86. The molecule has 0 spiro atoms. The van der Waals surface area contributed by atoms with Crippen LogP contribution in [0.15, 0.2) is 17.5 Å². The van der Waals surface area contributed by atoms with Crippen LogP contribution < -0.4 is 5.32 Å². The van der Waals surface area contributed by atoms with Gasteiger partial charge in [-0.3, -0.25) is 0 Å². The zero-order valence-corrected chi connectivity index (χ0v) is 11.7. The van der Waals surface area contributed by atoms with Crippen molar-refractivity contribution in [2.24, 2.45) is 0 Å². The van der Waals surface area contributed by atoms with Gasteiger partial charge in [0, 0.05) is 30.9 Å². The summed E-state index contributed by atoms with van der Waals surface area (Å²) in [7, 11) is 1.86. The molecule has 0 aliphatic rings. The predicted octanol–water partition coefficient (Wildman–Crippen LogP) is 3.12. The van der Waals surface area contributed by atoms with Crippen LogP contribution in [0.25, 0.3) is 0 Å². The van der Waals surface area contributed by atoms with Crippen molar-refractivity contribution < 1.29 is 4.79 Å². The fraction of sp³-hybridized carbons (Fsp3) is 0.615. The van der Waals surface area contributed by atoms with Gasteiger partial charge in [0.1, 0.15) is 0 Å². The van der Waals surface area contributed by atoms with Gasteiger partial charge in [-0.15, -0.1) is 11.3 Å². The van der Waals surface area contributed by atoms with Gasteiger partial charge in [0.15, 0.2) is 0 Å². The topological polar surface area (TPSA) is 32.3 Å². The summed E-state index contributed by atoms with van der Waals surface area (Å²) in [5.74, 6) is 0. The SMILES string of the molecule is CCCCNC(=O)N(C)C(C)Cc1cccs1. The Morgan fingerprint density at radius 3 is 2.94 bits per heavy atom. The Morgan fingerprint density at radius 2 is 2.35 bits per heavy atom. The van der Waals surface area contributed by atoms with Crippen LogP contribution in [-0.4, -0.2) is 30.6 Å². The molecule has 1 rings (SSSR count). The minimum atomic E-state index is 0.0301. The first-order valence-corrected chi connectivity index (χ1v) is 7.06. The summed E-state index contributed by atoms with van der Waals surface area (Å²) in [5.41, 5.74) is 0. The molecule has 1 N–H and O–H groups in total. The van der Waals surface area contributed by atoms with Gasteiger partial charge >= 0.3 is 6.03 Å². The lowest BCUT2D eigenvalue weighted by atomic mass is 10.2. The quantitative estimate of drug-likeness (QED) is 0.777. The van der Waals surface area contributed by atoms with Gasteiger partial charge in [-0.1, -0.05) is 19.4 Å². The van der Waals surface area contributed by atoms with Crippen molar-refractivity contribution in [3.8, 4) is 0 Å². The second-order valence-electron chi connectivity index (χ2n) is 4.33. The van der Waals surface area contributed by atoms with E-state index in [0.717, 1.165) is 25.8 Å². The van der Waals surface area contributed by atoms with E-state index in [1.807, 2.05) is 13.1 Å². The summed E-state index contributed by atoms with van der Waals surface area (Å²) in [5, 5.41) is 5.01. The summed E-state index contributed by atoms with van der Waals surface area (Å²) < 4.78 is 0. The molecule has 17 heavy (non-hydrogen) atoms. The van der Waals surface area contributed by atoms with Crippen molar-refractivity contribution in [3.05, 3.63) is 22.4 Å². The highest BCUT2D eigenvalue weighted by atomic mass is 32.1. The Labute approximate surface area is 108 Å². The molecule has 2 amide bonds. The monoisotopic (exact) mass is 254 g/mol. The van der Waals surface area contributed by atoms with Crippen LogP contribution >= 0.6 is 11.3 Å². The van der Waals surface area contributed by atoms with Crippen LogP contribution in [-0.2, 0) is 6.42 Å². The largest absolute Gasteiger partial charge is 0.338 e. The lowest BCUT2D eigenvalue weighted by molar-refractivity contribution is 0.194. The number of nitrogens with one attached hydrogen (secondary N) is 1. The van der Waals surface area contributed by atoms with Crippen molar-refractivity contribution in [2.75, 3.05) is 13.6 Å². The number of amides is 2. The van der Waals surface area contributed by atoms with Crippen molar-refractivity contribution >= 4 is 17.4 Å². The van der Waals surface area contributed by atoms with Gasteiger partial charge in [-0.05, 0) is 24.8 Å². The van der Waals surface area contributed by atoms with Gasteiger partial charge in [-0.2, -0.15) is 0 Å². The molecule has 0 aromatic carbocycles. The third-order valence-corrected chi connectivity index (χ3v) is 3.76. The van der Waals surface area contributed by atoms with Crippen LogP contribution in [0.3, 0.4) is 0 Å². The zero-order valence-electron chi connectivity index (χ0n) is 10.9. The number of hydrogen-bond donors (Lipinski definition) is 1. The summed E-state index contributed by atoms with van der Waals surface area (Å²) in [6.45, 7) is 4.97. The Hall–Kier alpha value is -1.03. The maximum Gasteiger partial charge on any atom is 0.317 e. The van der Waals surface area contributed by atoms with Crippen molar-refractivity contribution in [1.29, 1.82) is 0 Å². The fourth-order valence-corrected chi connectivity index (χ4v) is 2.38. The summed E-state index contributed by atoms with van der Waals surface area (Å²) in [6.07, 6.45) is 3.07. The molecule has 0 aliphatic carbocycles. The Kier molecular flexibility index (Phi) is 6.05. The molecule has 1 aromatic rings. The van der Waals surface area contributed by atoms with Crippen LogP contribution in [0.2, 0.25) is 0 Å². The Balaban J connectivity index is 2.35. The molecule has 0 aliphatic heterocycles. The summed E-state index contributed by atoms with van der Waals surface area (Å²) in [6, 6.07) is 4.43. The molecular formula is C13H22N2OS. The minimum Gasteiger partial charge on any atom is -0.338 e. The molecule has 3 nitrogen and oxygen atoms in total. The smallest absolute Gasteiger partial charge is 0.317 e. The number of nitrogens with zero attached hydrogens (tertiary/aromatic N) is 1. The van der Waals surface area contributed by atoms with Crippen LogP contribution in [0.4, 0.5) is 4.79 Å². The first-order valence-electron chi connectivity index (χ1n) is 6.18. The highest BCUT2D eigenvalue weighted by Gasteiger charge is 2.15. The van der Waals surface area contributed by atoms with Crippen molar-refractivity contribution in [1.82, 2.24) is 10.2 Å². The van der Waals surface area contributed by atoms with Gasteiger partial charge in [0.05, 0.1) is 0 Å². The Bertz CT molecular complexity index is 324. The van der Waals surface area contributed by atoms with Gasteiger partial charge in [0.25, 0.3) is 0 Å². The summed E-state index contributed by atoms with van der Waals surface area (Å²) in [4.78, 5) is 14.9. The summed E-state index contributed by atoms with van der Waals surface area (Å²) >= 11 is 1.74. The highest BCUT2D eigenvalue weighted by molar-refractivity contribution is 7.09. The van der Waals surface area contributed by atoms with Gasteiger partial charge in [0.2, 0.25) is 0 Å². The molecule has 4 heteroatoms. The van der Waals surface area contributed by atoms with E-state index < -0.39 is 0 Å². The van der Waals surface area contributed by atoms with E-state index in [9.17, 15) is 4.79 Å². The molecular weight excluding hydrogens is 232 g/mol. The molecule has 0 fully saturated rings. The third kappa shape index (κ3) is 4.77. The van der Waals surface area contributed by atoms with E-state index in [-0.39, 0.29) is 12.1 Å². The van der Waals surface area contributed by atoms with E-state index in [2.05, 4.69) is 30.6 Å². The molecule has 1 atom stereocenters. The van der Waals surface area contributed by atoms with E-state index in [1.165, 1.54) is 4.88 Å². The second-order valence-corrected chi connectivity index (χ2v) is 5.36. The molecule has 0 saturated heterocycles. The number of urea groups is 1.